The lowest BCUT2D eigenvalue weighted by molar-refractivity contribution is 0.249. The molecular weight excluding hydrogens is 436 g/mol. The third-order valence-electron chi connectivity index (χ3n) is 5.56. The number of benzene rings is 1. The lowest BCUT2D eigenvalue weighted by atomic mass is 10.1. The van der Waals surface area contributed by atoms with Gasteiger partial charge < -0.3 is 24.9 Å². The number of nitrogens with zero attached hydrogens (tertiary/aromatic N) is 3. The molecule has 3 heterocycles. The summed E-state index contributed by atoms with van der Waals surface area (Å²) in [6.07, 6.45) is 1.59. The smallest absolute Gasteiger partial charge is 0.329 e. The molecule has 2 amide bonds. The van der Waals surface area contributed by atoms with Crippen molar-refractivity contribution in [3.8, 4) is 11.5 Å². The number of carbonyl (C=O) groups is 1. The van der Waals surface area contributed by atoms with E-state index in [-0.39, 0.29) is 31.2 Å². The van der Waals surface area contributed by atoms with Crippen LogP contribution in [0.5, 0.6) is 11.5 Å². The number of rotatable bonds is 8. The van der Waals surface area contributed by atoms with Gasteiger partial charge >= 0.3 is 6.03 Å². The molecule has 0 saturated heterocycles. The standard InChI is InChI=1S/C22H25F2N5O4/c1-4-28-19-12(9-26-21-14(19)7-13(27-21)10-25-5-6-30)11-29(22(28)31)20-17(23)15(32-2)8-16(33-3)18(20)24/h7-9,25,30H,4-6,10-11H2,1-3H3,(H,26,27). The van der Waals surface area contributed by atoms with Crippen LogP contribution >= 0.6 is 0 Å². The third-order valence-corrected chi connectivity index (χ3v) is 5.56. The first-order valence-corrected chi connectivity index (χ1v) is 10.4. The van der Waals surface area contributed by atoms with Crippen molar-refractivity contribution in [1.82, 2.24) is 15.3 Å². The Kier molecular flexibility index (Phi) is 6.34. The number of urea groups is 1. The van der Waals surface area contributed by atoms with E-state index >= 15 is 8.78 Å². The van der Waals surface area contributed by atoms with Crippen molar-refractivity contribution >= 4 is 28.4 Å². The van der Waals surface area contributed by atoms with Crippen LogP contribution in [-0.4, -0.2) is 55.0 Å². The highest BCUT2D eigenvalue weighted by Crippen LogP contribution is 2.42. The number of pyridine rings is 1. The van der Waals surface area contributed by atoms with Gasteiger partial charge in [-0.3, -0.25) is 9.80 Å². The topological polar surface area (TPSA) is 103 Å². The van der Waals surface area contributed by atoms with Gasteiger partial charge in [-0.15, -0.1) is 0 Å². The molecule has 0 fully saturated rings. The maximum atomic E-state index is 15.1. The Hall–Kier alpha value is -3.44. The minimum atomic E-state index is -0.989. The second-order valence-corrected chi connectivity index (χ2v) is 7.46. The van der Waals surface area contributed by atoms with Crippen molar-refractivity contribution < 1.29 is 28.2 Å². The predicted octanol–water partition coefficient (Wildman–Crippen LogP) is 2.91. The molecule has 0 bridgehead atoms. The summed E-state index contributed by atoms with van der Waals surface area (Å²) in [5, 5.41) is 12.8. The zero-order chi connectivity index (χ0) is 23.7. The van der Waals surface area contributed by atoms with Crippen molar-refractivity contribution in [2.45, 2.75) is 20.0 Å². The average molecular weight is 461 g/mol. The maximum Gasteiger partial charge on any atom is 0.329 e. The molecule has 1 aliphatic rings. The summed E-state index contributed by atoms with van der Waals surface area (Å²) in [6, 6.07) is 2.41. The molecule has 11 heteroatoms. The van der Waals surface area contributed by atoms with Gasteiger partial charge in [0.05, 0.1) is 33.1 Å². The van der Waals surface area contributed by atoms with Crippen LogP contribution in [0.4, 0.5) is 25.0 Å². The molecule has 0 aliphatic carbocycles. The molecule has 0 unspecified atom stereocenters. The fourth-order valence-corrected chi connectivity index (χ4v) is 4.05. The second-order valence-electron chi connectivity index (χ2n) is 7.46. The lowest BCUT2D eigenvalue weighted by Crippen LogP contribution is -2.48. The van der Waals surface area contributed by atoms with Gasteiger partial charge in [-0.2, -0.15) is 0 Å². The predicted molar refractivity (Wildman–Crippen MR) is 119 cm³/mol. The van der Waals surface area contributed by atoms with Gasteiger partial charge in [0.2, 0.25) is 0 Å². The molecule has 1 aliphatic heterocycles. The van der Waals surface area contributed by atoms with Gasteiger partial charge in [-0.25, -0.2) is 18.6 Å². The van der Waals surface area contributed by atoms with Crippen LogP contribution in [0, 0.1) is 11.6 Å². The zero-order valence-electron chi connectivity index (χ0n) is 18.5. The maximum absolute atomic E-state index is 15.1. The normalized spacial score (nSPS) is 13.6. The van der Waals surface area contributed by atoms with E-state index in [0.717, 1.165) is 22.0 Å². The Labute approximate surface area is 188 Å². The van der Waals surface area contributed by atoms with Gasteiger partial charge in [0.1, 0.15) is 11.3 Å². The summed E-state index contributed by atoms with van der Waals surface area (Å²) >= 11 is 0. The second kappa shape index (κ2) is 9.20. The summed E-state index contributed by atoms with van der Waals surface area (Å²) in [7, 11) is 2.51. The molecular formula is C22H25F2N5O4. The number of anilines is 2. The van der Waals surface area contributed by atoms with Crippen molar-refractivity contribution in [1.29, 1.82) is 0 Å². The molecule has 3 N–H and O–H groups in total. The number of ether oxygens (including phenoxy) is 2. The highest BCUT2D eigenvalue weighted by Gasteiger charge is 2.37. The highest BCUT2D eigenvalue weighted by molar-refractivity contribution is 6.11. The summed E-state index contributed by atoms with van der Waals surface area (Å²) in [5.41, 5.74) is 2.17. The largest absolute Gasteiger partial charge is 0.493 e. The molecule has 0 radical (unpaired) electrons. The number of hydrogen-bond donors (Lipinski definition) is 3. The molecule has 176 valence electrons. The van der Waals surface area contributed by atoms with Crippen molar-refractivity contribution in [2.24, 2.45) is 0 Å². The molecule has 4 rings (SSSR count). The average Bonchev–Trinajstić information content (AvgIpc) is 3.23. The van der Waals surface area contributed by atoms with E-state index < -0.39 is 23.4 Å². The van der Waals surface area contributed by atoms with E-state index in [1.54, 1.807) is 13.1 Å². The number of aromatic nitrogens is 2. The molecule has 1 aromatic carbocycles. The van der Waals surface area contributed by atoms with E-state index in [4.69, 9.17) is 14.6 Å². The lowest BCUT2D eigenvalue weighted by Gasteiger charge is -2.37. The van der Waals surface area contributed by atoms with Crippen molar-refractivity contribution in [2.75, 3.05) is 43.7 Å². The number of methoxy groups -OCH3 is 2. The van der Waals surface area contributed by atoms with E-state index in [1.165, 1.54) is 19.1 Å². The Bertz CT molecular complexity index is 1170. The summed E-state index contributed by atoms with van der Waals surface area (Å²) < 4.78 is 40.3. The Morgan fingerprint density at radius 3 is 2.48 bits per heavy atom. The number of aliphatic hydroxyl groups is 1. The van der Waals surface area contributed by atoms with E-state index in [2.05, 4.69) is 15.3 Å². The first-order valence-electron chi connectivity index (χ1n) is 10.4. The van der Waals surface area contributed by atoms with Crippen LogP contribution in [0.2, 0.25) is 0 Å². The fraction of sp³-hybridized carbons (Fsp3) is 0.364. The number of H-pyrrole nitrogens is 1. The minimum absolute atomic E-state index is 0.0179. The first kappa shape index (κ1) is 22.7. The van der Waals surface area contributed by atoms with Crippen LogP contribution in [0.15, 0.2) is 18.3 Å². The van der Waals surface area contributed by atoms with E-state index in [9.17, 15) is 4.79 Å². The first-order chi connectivity index (χ1) is 15.9. The molecule has 0 atom stereocenters. The van der Waals surface area contributed by atoms with E-state index in [0.29, 0.717) is 30.0 Å². The SMILES string of the molecule is CCN1C(=O)N(c2c(F)c(OC)cc(OC)c2F)Cc2cnc3[nH]c(CNCCO)cc3c21. The monoisotopic (exact) mass is 461 g/mol. The Balaban J connectivity index is 1.81. The quantitative estimate of drug-likeness (QED) is 0.446. The number of carbonyl (C=O) groups excluding carboxylic acids is 1. The number of nitrogens with one attached hydrogen (secondary N) is 2. The number of fused-ring (bicyclic) bond motifs is 3. The third kappa shape index (κ3) is 3.83. The molecule has 0 spiro atoms. The highest BCUT2D eigenvalue weighted by atomic mass is 19.1. The number of aromatic amines is 1. The zero-order valence-corrected chi connectivity index (χ0v) is 18.5. The number of aliphatic hydroxyl groups excluding tert-OH is 1. The van der Waals surface area contributed by atoms with Gasteiger partial charge in [-0.1, -0.05) is 0 Å². The van der Waals surface area contributed by atoms with Crippen molar-refractivity contribution in [3.05, 3.63) is 41.2 Å². The summed E-state index contributed by atoms with van der Waals surface area (Å²) in [5.74, 6) is -2.44. The van der Waals surface area contributed by atoms with Crippen molar-refractivity contribution in [3.63, 3.8) is 0 Å². The summed E-state index contributed by atoms with van der Waals surface area (Å²) in [4.78, 5) is 23.6. The van der Waals surface area contributed by atoms with Crippen LogP contribution in [0.3, 0.4) is 0 Å². The van der Waals surface area contributed by atoms with Crippen LogP contribution in [0.1, 0.15) is 18.2 Å². The van der Waals surface area contributed by atoms with Gasteiger partial charge in [0, 0.05) is 48.5 Å². The fourth-order valence-electron chi connectivity index (χ4n) is 4.05. The summed E-state index contributed by atoms with van der Waals surface area (Å²) in [6.45, 7) is 2.92. The van der Waals surface area contributed by atoms with Gasteiger partial charge in [0.25, 0.3) is 0 Å². The van der Waals surface area contributed by atoms with Gasteiger partial charge in [-0.05, 0) is 13.0 Å². The van der Waals surface area contributed by atoms with Crippen LogP contribution in [-0.2, 0) is 13.1 Å². The number of hydrogen-bond acceptors (Lipinski definition) is 6. The van der Waals surface area contributed by atoms with Crippen LogP contribution < -0.4 is 24.6 Å². The number of amides is 2. The minimum Gasteiger partial charge on any atom is -0.493 e. The molecule has 3 aromatic rings. The molecule has 9 nitrogen and oxygen atoms in total. The van der Waals surface area contributed by atoms with Gasteiger partial charge in [0.15, 0.2) is 23.1 Å². The van der Waals surface area contributed by atoms with E-state index in [1.807, 2.05) is 6.07 Å². The Morgan fingerprint density at radius 1 is 1.18 bits per heavy atom. The Morgan fingerprint density at radius 2 is 1.88 bits per heavy atom. The molecule has 2 aromatic heterocycles. The number of halogens is 2. The van der Waals surface area contributed by atoms with Crippen LogP contribution in [0.25, 0.3) is 11.0 Å². The molecule has 33 heavy (non-hydrogen) atoms. The molecule has 0 saturated carbocycles.